The Balaban J connectivity index is 2.00. The molecule has 23 heavy (non-hydrogen) atoms. The number of hydrogen-bond acceptors (Lipinski definition) is 3. The van der Waals surface area contributed by atoms with Gasteiger partial charge in [-0.1, -0.05) is 42.8 Å². The molecule has 1 amide bonds. The van der Waals surface area contributed by atoms with Gasteiger partial charge >= 0.3 is 5.97 Å². The van der Waals surface area contributed by atoms with Crippen LogP contribution in [0.25, 0.3) is 0 Å². The van der Waals surface area contributed by atoms with E-state index in [1.54, 1.807) is 6.08 Å². The van der Waals surface area contributed by atoms with Gasteiger partial charge in [-0.2, -0.15) is 0 Å². The van der Waals surface area contributed by atoms with Crippen molar-refractivity contribution in [1.82, 2.24) is 5.32 Å². The van der Waals surface area contributed by atoms with Crippen LogP contribution in [0.1, 0.15) is 24.8 Å². The number of carbonyl (C=O) groups is 2. The van der Waals surface area contributed by atoms with Crippen molar-refractivity contribution in [3.8, 4) is 0 Å². The van der Waals surface area contributed by atoms with Gasteiger partial charge in [0, 0.05) is 0 Å². The molecule has 0 heterocycles. The predicted molar refractivity (Wildman–Crippen MR) is 87.0 cm³/mol. The largest absolute Gasteiger partial charge is 0.480 e. The van der Waals surface area contributed by atoms with Gasteiger partial charge in [0.2, 0.25) is 5.91 Å². The van der Waals surface area contributed by atoms with E-state index in [2.05, 4.69) is 11.9 Å². The average Bonchev–Trinajstić information content (AvgIpc) is 2.50. The summed E-state index contributed by atoms with van der Waals surface area (Å²) in [6.07, 6.45) is 4.75. The average molecular weight is 317 g/mol. The Hall–Kier alpha value is -2.14. The van der Waals surface area contributed by atoms with E-state index in [0.717, 1.165) is 24.8 Å². The molecular weight excluding hydrogens is 294 g/mol. The van der Waals surface area contributed by atoms with Crippen LogP contribution >= 0.6 is 0 Å². The number of nitrogens with one attached hydrogen (secondary N) is 1. The Kier molecular flexibility index (Phi) is 5.93. The molecule has 1 aliphatic carbocycles. The maximum Gasteiger partial charge on any atom is 0.328 e. The number of amides is 1. The van der Waals surface area contributed by atoms with E-state index < -0.39 is 17.4 Å². The van der Waals surface area contributed by atoms with Gasteiger partial charge in [-0.05, 0) is 24.8 Å². The second-order valence-corrected chi connectivity index (χ2v) is 5.99. The quantitative estimate of drug-likeness (QED) is 0.541. The van der Waals surface area contributed by atoms with E-state index in [9.17, 15) is 14.7 Å². The van der Waals surface area contributed by atoms with Crippen LogP contribution in [0.3, 0.4) is 0 Å². The summed E-state index contributed by atoms with van der Waals surface area (Å²) in [5, 5.41) is 11.9. The van der Waals surface area contributed by atoms with Crippen molar-refractivity contribution >= 4 is 11.9 Å². The summed E-state index contributed by atoms with van der Waals surface area (Å²) >= 11 is 0. The van der Waals surface area contributed by atoms with Crippen LogP contribution in [-0.4, -0.2) is 36.2 Å². The summed E-state index contributed by atoms with van der Waals surface area (Å²) in [7, 11) is 0. The number of carbonyl (C=O) groups excluding carboxylic acids is 1. The van der Waals surface area contributed by atoms with Crippen LogP contribution in [0.2, 0.25) is 0 Å². The molecule has 1 aliphatic rings. The molecule has 1 unspecified atom stereocenters. The minimum absolute atomic E-state index is 0.0610. The number of hydrogen-bond donors (Lipinski definition) is 2. The summed E-state index contributed by atoms with van der Waals surface area (Å²) in [5.74, 6) is -1.28. The zero-order valence-electron chi connectivity index (χ0n) is 13.2. The number of carboxylic acid groups (broad SMARTS) is 1. The van der Waals surface area contributed by atoms with Crippen molar-refractivity contribution in [1.29, 1.82) is 0 Å². The molecule has 5 nitrogen and oxygen atoms in total. The summed E-state index contributed by atoms with van der Waals surface area (Å²) in [5.41, 5.74) is 0.602. The standard InChI is InChI=1S/C18H23NO4/c1-2-11-23-13-15(16(20)21)19-17(22)18(9-6-10-18)12-14-7-4-3-5-8-14/h2-5,7-8,15H,1,6,9-13H2,(H,19,22)(H,20,21). The Bertz CT molecular complexity index is 551. The van der Waals surface area contributed by atoms with Crippen LogP contribution in [0, 0.1) is 5.41 Å². The molecule has 0 spiro atoms. The third-order valence-electron chi connectivity index (χ3n) is 4.30. The molecule has 0 saturated heterocycles. The Morgan fingerprint density at radius 1 is 1.35 bits per heavy atom. The van der Waals surface area contributed by atoms with Gasteiger partial charge in [0.25, 0.3) is 0 Å². The molecule has 124 valence electrons. The van der Waals surface area contributed by atoms with Crippen molar-refractivity contribution in [2.75, 3.05) is 13.2 Å². The lowest BCUT2D eigenvalue weighted by Gasteiger charge is -2.41. The Morgan fingerprint density at radius 3 is 2.57 bits per heavy atom. The van der Waals surface area contributed by atoms with Gasteiger partial charge < -0.3 is 15.2 Å². The maximum atomic E-state index is 12.6. The highest BCUT2D eigenvalue weighted by molar-refractivity contribution is 5.88. The first-order valence-electron chi connectivity index (χ1n) is 7.84. The highest BCUT2D eigenvalue weighted by Crippen LogP contribution is 2.44. The van der Waals surface area contributed by atoms with Crippen molar-refractivity contribution in [3.63, 3.8) is 0 Å². The zero-order chi connectivity index (χ0) is 16.7. The number of ether oxygens (including phenoxy) is 1. The summed E-state index contributed by atoms with van der Waals surface area (Å²) in [4.78, 5) is 23.9. The summed E-state index contributed by atoms with van der Waals surface area (Å²) < 4.78 is 5.18. The fourth-order valence-electron chi connectivity index (χ4n) is 2.83. The van der Waals surface area contributed by atoms with E-state index in [-0.39, 0.29) is 19.1 Å². The van der Waals surface area contributed by atoms with E-state index in [1.165, 1.54) is 0 Å². The molecule has 0 radical (unpaired) electrons. The summed E-state index contributed by atoms with van der Waals surface area (Å²) in [6.45, 7) is 3.71. The van der Waals surface area contributed by atoms with Gasteiger partial charge in [-0.25, -0.2) is 4.79 Å². The molecular formula is C18H23NO4. The molecule has 0 aromatic heterocycles. The zero-order valence-corrected chi connectivity index (χ0v) is 13.2. The van der Waals surface area contributed by atoms with Crippen LogP contribution in [0.5, 0.6) is 0 Å². The van der Waals surface area contributed by atoms with Gasteiger partial charge in [0.05, 0.1) is 18.6 Å². The van der Waals surface area contributed by atoms with Crippen LogP contribution in [0.4, 0.5) is 0 Å². The van der Waals surface area contributed by atoms with Crippen molar-refractivity contribution in [2.45, 2.75) is 31.7 Å². The topological polar surface area (TPSA) is 75.6 Å². The van der Waals surface area contributed by atoms with E-state index in [4.69, 9.17) is 4.74 Å². The number of carboxylic acids is 1. The fourth-order valence-corrected chi connectivity index (χ4v) is 2.83. The van der Waals surface area contributed by atoms with E-state index in [1.807, 2.05) is 30.3 Å². The monoisotopic (exact) mass is 317 g/mol. The first-order chi connectivity index (χ1) is 11.1. The van der Waals surface area contributed by atoms with Crippen LogP contribution in [-0.2, 0) is 20.7 Å². The number of rotatable bonds is 9. The van der Waals surface area contributed by atoms with Gasteiger partial charge in [0.15, 0.2) is 6.04 Å². The smallest absolute Gasteiger partial charge is 0.328 e. The maximum absolute atomic E-state index is 12.6. The molecule has 0 bridgehead atoms. The summed E-state index contributed by atoms with van der Waals surface area (Å²) in [6, 6.07) is 8.79. The third-order valence-corrected chi connectivity index (χ3v) is 4.30. The highest BCUT2D eigenvalue weighted by atomic mass is 16.5. The first kappa shape index (κ1) is 17.2. The predicted octanol–water partition coefficient (Wildman–Crippen LogP) is 2.17. The van der Waals surface area contributed by atoms with Crippen molar-refractivity contribution in [2.24, 2.45) is 5.41 Å². The van der Waals surface area contributed by atoms with E-state index >= 15 is 0 Å². The number of aliphatic carboxylic acids is 1. The molecule has 5 heteroatoms. The second-order valence-electron chi connectivity index (χ2n) is 5.99. The number of benzene rings is 1. The highest BCUT2D eigenvalue weighted by Gasteiger charge is 2.45. The lowest BCUT2D eigenvalue weighted by Crippen LogP contribution is -2.53. The SMILES string of the molecule is C=CCOCC(NC(=O)C1(Cc2ccccc2)CCC1)C(=O)O. The fraction of sp³-hybridized carbons (Fsp3) is 0.444. The minimum atomic E-state index is -1.09. The molecule has 1 atom stereocenters. The molecule has 1 aromatic carbocycles. The minimum Gasteiger partial charge on any atom is -0.480 e. The Morgan fingerprint density at radius 2 is 2.04 bits per heavy atom. The molecule has 2 rings (SSSR count). The molecule has 1 saturated carbocycles. The van der Waals surface area contributed by atoms with Gasteiger partial charge in [-0.3, -0.25) is 4.79 Å². The first-order valence-corrected chi connectivity index (χ1v) is 7.84. The molecule has 1 fully saturated rings. The normalized spacial score (nSPS) is 16.9. The Labute approximate surface area is 136 Å². The van der Waals surface area contributed by atoms with Crippen molar-refractivity contribution in [3.05, 3.63) is 48.6 Å². The molecule has 0 aliphatic heterocycles. The molecule has 1 aromatic rings. The lowest BCUT2D eigenvalue weighted by atomic mass is 9.64. The third kappa shape index (κ3) is 4.42. The van der Waals surface area contributed by atoms with E-state index in [0.29, 0.717) is 6.42 Å². The van der Waals surface area contributed by atoms with Gasteiger partial charge in [0.1, 0.15) is 0 Å². The van der Waals surface area contributed by atoms with Crippen LogP contribution in [0.15, 0.2) is 43.0 Å². The second kappa shape index (κ2) is 7.92. The molecule has 2 N–H and O–H groups in total. The van der Waals surface area contributed by atoms with Crippen molar-refractivity contribution < 1.29 is 19.4 Å². The van der Waals surface area contributed by atoms with Crippen LogP contribution < -0.4 is 5.32 Å². The lowest BCUT2D eigenvalue weighted by molar-refractivity contribution is -0.147. The van der Waals surface area contributed by atoms with Gasteiger partial charge in [-0.15, -0.1) is 6.58 Å².